The van der Waals surface area contributed by atoms with Crippen LogP contribution >= 0.6 is 0 Å². The van der Waals surface area contributed by atoms with Crippen molar-refractivity contribution in [2.45, 2.75) is 20.8 Å². The molecule has 0 fully saturated rings. The highest BCUT2D eigenvalue weighted by molar-refractivity contribution is 6.00. The number of aryl methyl sites for hydroxylation is 1. The Kier molecular flexibility index (Phi) is 5.92. The molecule has 1 aromatic carbocycles. The van der Waals surface area contributed by atoms with Crippen LogP contribution in [0.15, 0.2) is 48.7 Å². The van der Waals surface area contributed by atoms with E-state index in [-0.39, 0.29) is 17.3 Å². The average Bonchev–Trinajstić information content (AvgIpc) is 3.01. The van der Waals surface area contributed by atoms with Crippen LogP contribution in [0.4, 0.5) is 4.39 Å². The summed E-state index contributed by atoms with van der Waals surface area (Å²) in [6.07, 6.45) is 1.52. The molecule has 2 heterocycles. The Labute approximate surface area is 167 Å². The van der Waals surface area contributed by atoms with Crippen LogP contribution < -0.4 is 15.6 Å². The number of hydrazine groups is 1. The summed E-state index contributed by atoms with van der Waals surface area (Å²) in [4.78, 5) is 29.0. The van der Waals surface area contributed by atoms with Crippen LogP contribution in [0.1, 0.15) is 39.0 Å². The van der Waals surface area contributed by atoms with Crippen LogP contribution in [0.2, 0.25) is 0 Å². The quantitative estimate of drug-likeness (QED) is 0.649. The van der Waals surface area contributed by atoms with Gasteiger partial charge in [-0.1, -0.05) is 0 Å². The minimum Gasteiger partial charge on any atom is -0.477 e. The normalized spacial score (nSPS) is 10.5. The van der Waals surface area contributed by atoms with Crippen molar-refractivity contribution in [3.05, 3.63) is 77.0 Å². The Balaban J connectivity index is 1.76. The Morgan fingerprint density at radius 2 is 1.72 bits per heavy atom. The smallest absolute Gasteiger partial charge is 0.275 e. The SMILES string of the molecule is CCOc1ncccc1C(=O)NNC(=O)c1cc(C)n(-c2ccc(F)cc2)c1C. The molecular formula is C21H21FN4O3. The van der Waals surface area contributed by atoms with Gasteiger partial charge in [-0.15, -0.1) is 0 Å². The summed E-state index contributed by atoms with van der Waals surface area (Å²) in [5.74, 6) is -1.15. The third kappa shape index (κ3) is 4.26. The molecule has 150 valence electrons. The lowest BCUT2D eigenvalue weighted by atomic mass is 10.2. The maximum Gasteiger partial charge on any atom is 0.275 e. The molecule has 0 unspecified atom stereocenters. The molecule has 29 heavy (non-hydrogen) atoms. The van der Waals surface area contributed by atoms with E-state index in [1.807, 2.05) is 11.5 Å². The van der Waals surface area contributed by atoms with Crippen molar-refractivity contribution < 1.29 is 18.7 Å². The zero-order chi connectivity index (χ0) is 21.0. The standard InChI is InChI=1S/C21H21FN4O3/c1-4-29-21-17(6-5-11-23-21)19(27)24-25-20(28)18-12-13(2)26(14(18)3)16-9-7-15(22)8-10-16/h5-12H,4H2,1-3H3,(H,24,27)(H,25,28). The number of nitrogens with zero attached hydrogens (tertiary/aromatic N) is 2. The summed E-state index contributed by atoms with van der Waals surface area (Å²) >= 11 is 0. The summed E-state index contributed by atoms with van der Waals surface area (Å²) in [5, 5.41) is 0. The summed E-state index contributed by atoms with van der Waals surface area (Å²) in [7, 11) is 0. The Hall–Kier alpha value is -3.68. The van der Waals surface area contributed by atoms with Gasteiger partial charge in [0.05, 0.1) is 12.2 Å². The summed E-state index contributed by atoms with van der Waals surface area (Å²) in [6.45, 7) is 5.77. The fourth-order valence-corrected chi connectivity index (χ4v) is 3.04. The fourth-order valence-electron chi connectivity index (χ4n) is 3.04. The molecule has 0 saturated heterocycles. The minimum absolute atomic E-state index is 0.191. The van der Waals surface area contributed by atoms with E-state index in [4.69, 9.17) is 4.74 Å². The topological polar surface area (TPSA) is 85.2 Å². The molecule has 0 atom stereocenters. The first-order valence-electron chi connectivity index (χ1n) is 9.05. The Morgan fingerprint density at radius 1 is 1.07 bits per heavy atom. The first-order chi connectivity index (χ1) is 13.9. The van der Waals surface area contributed by atoms with Crippen molar-refractivity contribution in [1.29, 1.82) is 0 Å². The number of halogens is 1. The molecule has 0 aliphatic rings. The fraction of sp³-hybridized carbons (Fsp3) is 0.190. The predicted molar refractivity (Wildman–Crippen MR) is 106 cm³/mol. The number of carbonyl (C=O) groups is 2. The van der Waals surface area contributed by atoms with Crippen LogP contribution in [-0.2, 0) is 0 Å². The van der Waals surface area contributed by atoms with E-state index in [1.54, 1.807) is 44.2 Å². The van der Waals surface area contributed by atoms with Crippen LogP contribution in [0.3, 0.4) is 0 Å². The molecule has 2 aromatic heterocycles. The molecule has 2 amide bonds. The van der Waals surface area contributed by atoms with Crippen molar-refractivity contribution in [3.63, 3.8) is 0 Å². The molecule has 3 rings (SSSR count). The van der Waals surface area contributed by atoms with Gasteiger partial charge < -0.3 is 9.30 Å². The van der Waals surface area contributed by atoms with Crippen LogP contribution in [-0.4, -0.2) is 28.0 Å². The summed E-state index contributed by atoms with van der Waals surface area (Å²) < 4.78 is 20.4. The lowest BCUT2D eigenvalue weighted by Crippen LogP contribution is -2.42. The molecule has 3 aromatic rings. The summed E-state index contributed by atoms with van der Waals surface area (Å²) in [6, 6.07) is 10.9. The van der Waals surface area contributed by atoms with Crippen molar-refractivity contribution in [1.82, 2.24) is 20.4 Å². The second-order valence-electron chi connectivity index (χ2n) is 6.29. The Morgan fingerprint density at radius 3 is 2.38 bits per heavy atom. The van der Waals surface area contributed by atoms with E-state index < -0.39 is 11.8 Å². The molecule has 0 radical (unpaired) electrons. The highest BCUT2D eigenvalue weighted by Gasteiger charge is 2.19. The zero-order valence-corrected chi connectivity index (χ0v) is 16.3. The van der Waals surface area contributed by atoms with E-state index >= 15 is 0 Å². The second kappa shape index (κ2) is 8.55. The van der Waals surface area contributed by atoms with Crippen molar-refractivity contribution in [3.8, 4) is 11.6 Å². The highest BCUT2D eigenvalue weighted by Crippen LogP contribution is 2.21. The molecule has 2 N–H and O–H groups in total. The molecule has 0 aliphatic heterocycles. The first kappa shape index (κ1) is 20.1. The second-order valence-corrected chi connectivity index (χ2v) is 6.29. The molecule has 7 nitrogen and oxygen atoms in total. The molecular weight excluding hydrogens is 375 g/mol. The van der Waals surface area contributed by atoms with Crippen molar-refractivity contribution in [2.75, 3.05) is 6.61 Å². The third-order valence-corrected chi connectivity index (χ3v) is 4.35. The number of carbonyl (C=O) groups excluding carboxylic acids is 2. The molecule has 8 heteroatoms. The van der Waals surface area contributed by atoms with Gasteiger partial charge in [0.25, 0.3) is 11.8 Å². The van der Waals surface area contributed by atoms with Crippen molar-refractivity contribution >= 4 is 11.8 Å². The largest absolute Gasteiger partial charge is 0.477 e. The van der Waals surface area contributed by atoms with Gasteiger partial charge in [-0.25, -0.2) is 9.37 Å². The van der Waals surface area contributed by atoms with Gasteiger partial charge in [0.15, 0.2) is 0 Å². The number of hydrogen-bond acceptors (Lipinski definition) is 4. The van der Waals surface area contributed by atoms with Crippen molar-refractivity contribution in [2.24, 2.45) is 0 Å². The number of ether oxygens (including phenoxy) is 1. The maximum absolute atomic E-state index is 13.2. The van der Waals surface area contributed by atoms with Gasteiger partial charge >= 0.3 is 0 Å². The molecule has 0 spiro atoms. The summed E-state index contributed by atoms with van der Waals surface area (Å²) in [5.41, 5.74) is 7.61. The number of aromatic nitrogens is 2. The number of nitrogens with one attached hydrogen (secondary N) is 2. The monoisotopic (exact) mass is 396 g/mol. The minimum atomic E-state index is -0.540. The van der Waals surface area contributed by atoms with Gasteiger partial charge in [-0.3, -0.25) is 20.4 Å². The number of rotatable bonds is 5. The predicted octanol–water partition coefficient (Wildman–Crippen LogP) is 3.10. The highest BCUT2D eigenvalue weighted by atomic mass is 19.1. The number of amides is 2. The molecule has 0 bridgehead atoms. The van der Waals surface area contributed by atoms with Crippen LogP contribution in [0, 0.1) is 19.7 Å². The average molecular weight is 396 g/mol. The zero-order valence-electron chi connectivity index (χ0n) is 16.3. The number of hydrogen-bond donors (Lipinski definition) is 2. The third-order valence-electron chi connectivity index (χ3n) is 4.35. The maximum atomic E-state index is 13.2. The van der Waals surface area contributed by atoms with Crippen LogP contribution in [0.5, 0.6) is 5.88 Å². The number of pyridine rings is 1. The Bertz CT molecular complexity index is 1040. The molecule has 0 saturated carbocycles. The van der Waals surface area contributed by atoms with Gasteiger partial charge in [0, 0.05) is 23.3 Å². The lowest BCUT2D eigenvalue weighted by Gasteiger charge is -2.11. The van der Waals surface area contributed by atoms with E-state index in [9.17, 15) is 14.0 Å². The number of benzene rings is 1. The van der Waals surface area contributed by atoms with Crippen LogP contribution in [0.25, 0.3) is 5.69 Å². The van der Waals surface area contributed by atoms with Gasteiger partial charge in [0.2, 0.25) is 5.88 Å². The lowest BCUT2D eigenvalue weighted by molar-refractivity contribution is 0.0843. The molecule has 0 aliphatic carbocycles. The van der Waals surface area contributed by atoms with Gasteiger partial charge in [0.1, 0.15) is 11.4 Å². The van der Waals surface area contributed by atoms with E-state index in [1.165, 1.54) is 18.3 Å². The van der Waals surface area contributed by atoms with E-state index in [0.717, 1.165) is 11.4 Å². The van der Waals surface area contributed by atoms with E-state index in [2.05, 4.69) is 15.8 Å². The van der Waals surface area contributed by atoms with Gasteiger partial charge in [-0.05, 0) is 63.2 Å². The van der Waals surface area contributed by atoms with Gasteiger partial charge in [-0.2, -0.15) is 0 Å². The van der Waals surface area contributed by atoms with E-state index in [0.29, 0.717) is 17.9 Å². The first-order valence-corrected chi connectivity index (χ1v) is 9.05.